The third-order valence-electron chi connectivity index (χ3n) is 7.44. The predicted molar refractivity (Wildman–Crippen MR) is 205 cm³/mol. The normalized spacial score (nSPS) is 11.5. The minimum absolute atomic E-state index is 0. The van der Waals surface area contributed by atoms with E-state index in [1.54, 1.807) is 41.9 Å². The molecule has 0 saturated carbocycles. The monoisotopic (exact) mass is 709 g/mol. The molecule has 0 aromatic carbocycles. The van der Waals surface area contributed by atoms with Crippen LogP contribution >= 0.6 is 0 Å². The van der Waals surface area contributed by atoms with E-state index in [0.29, 0.717) is 11.4 Å². The highest BCUT2D eigenvalue weighted by molar-refractivity contribution is 5.95. The van der Waals surface area contributed by atoms with Gasteiger partial charge >= 0.3 is 0 Å². The van der Waals surface area contributed by atoms with E-state index in [9.17, 15) is 19.2 Å². The lowest BCUT2D eigenvalue weighted by Gasteiger charge is -2.23. The van der Waals surface area contributed by atoms with Crippen molar-refractivity contribution >= 4 is 23.1 Å². The zero-order valence-corrected chi connectivity index (χ0v) is 33.7. The first-order chi connectivity index (χ1) is 22.5. The first kappa shape index (κ1) is 46.5. The molecule has 4 aromatic heterocycles. The van der Waals surface area contributed by atoms with Crippen LogP contribution in [0.5, 0.6) is 0 Å². The van der Waals surface area contributed by atoms with Gasteiger partial charge in [0.05, 0.1) is 17.4 Å². The summed E-state index contributed by atoms with van der Waals surface area (Å²) >= 11 is 0. The van der Waals surface area contributed by atoms with E-state index in [0.717, 1.165) is 17.0 Å². The smallest absolute Gasteiger partial charge is 0.216 e. The van der Waals surface area contributed by atoms with Crippen molar-refractivity contribution in [1.29, 1.82) is 0 Å². The van der Waals surface area contributed by atoms with Crippen molar-refractivity contribution in [3.05, 3.63) is 71.3 Å². The van der Waals surface area contributed by atoms with Crippen LogP contribution in [0.3, 0.4) is 0 Å². The summed E-state index contributed by atoms with van der Waals surface area (Å²) in [5, 5.41) is 8.19. The van der Waals surface area contributed by atoms with Crippen molar-refractivity contribution in [2.45, 2.75) is 154 Å². The van der Waals surface area contributed by atoms with Crippen LogP contribution in [-0.4, -0.2) is 61.8 Å². The van der Waals surface area contributed by atoms with Crippen molar-refractivity contribution in [2.24, 2.45) is 0 Å². The summed E-state index contributed by atoms with van der Waals surface area (Å²) in [6.45, 7) is 34.9. The molecule has 0 unspecified atom stereocenters. The Hall–Kier alpha value is -4.48. The zero-order valence-electron chi connectivity index (χ0n) is 33.7. The molecule has 51 heavy (non-hydrogen) atoms. The number of aromatic nitrogens is 8. The van der Waals surface area contributed by atoms with E-state index in [1.807, 2.05) is 78.4 Å². The Labute approximate surface area is 306 Å². The lowest BCUT2D eigenvalue weighted by Crippen LogP contribution is -2.22. The van der Waals surface area contributed by atoms with Crippen LogP contribution in [0.2, 0.25) is 0 Å². The number of rotatable bonds is 4. The minimum atomic E-state index is -0.110. The first-order valence-corrected chi connectivity index (χ1v) is 16.7. The third kappa shape index (κ3) is 13.6. The fourth-order valence-corrected chi connectivity index (χ4v) is 4.67. The number of hydrogen-bond acceptors (Lipinski definition) is 8. The SMILES string of the molecule is C.CC(=O)c1ccn(C(C)(C)C)c1C.CC(=O)c1ccn(C(C)(C)C)n1.CC(=O)c1ncn(C(C)(C)C)c1C.CC(=O)c1ncn(C(C)(C)C)n1. The number of Topliss-reactive ketones (excluding diaryl/α,β-unsaturated/α-hetero) is 4. The Morgan fingerprint density at radius 3 is 1.27 bits per heavy atom. The van der Waals surface area contributed by atoms with Crippen LogP contribution in [-0.2, 0) is 22.2 Å². The highest BCUT2D eigenvalue weighted by Crippen LogP contribution is 2.21. The highest BCUT2D eigenvalue weighted by atomic mass is 16.1. The maximum Gasteiger partial charge on any atom is 0.216 e. The summed E-state index contributed by atoms with van der Waals surface area (Å²) in [5.74, 6) is 0.363. The molecular weight excluding hydrogens is 644 g/mol. The van der Waals surface area contributed by atoms with E-state index in [-0.39, 0.29) is 58.5 Å². The van der Waals surface area contributed by atoms with Gasteiger partial charge in [-0.15, -0.1) is 5.10 Å². The maximum atomic E-state index is 11.2. The van der Waals surface area contributed by atoms with E-state index in [4.69, 9.17) is 0 Å². The Kier molecular flexibility index (Phi) is 16.1. The van der Waals surface area contributed by atoms with E-state index < -0.39 is 0 Å². The van der Waals surface area contributed by atoms with Crippen molar-refractivity contribution in [3.63, 3.8) is 0 Å². The minimum Gasteiger partial charge on any atom is -0.346 e. The summed E-state index contributed by atoms with van der Waals surface area (Å²) in [4.78, 5) is 52.1. The molecule has 0 atom stereocenters. The van der Waals surface area contributed by atoms with Gasteiger partial charge in [-0.25, -0.2) is 14.6 Å². The number of hydrogen-bond donors (Lipinski definition) is 0. The molecule has 4 heterocycles. The standard InChI is InChI=1S/C11H17NO.C10H16N2O.C9H14N2O.C8H13N3O.CH4/c1-8-10(9(2)13)6-7-12(8)11(3,4)5;1-7-9(8(2)13)11-6-12(7)10(3,4)5;1-7(12)8-5-6-11(10-8)9(2,3)4;1-6(12)7-9-5-11(10-7)8(2,3)4;/h6-7H,1-5H3;6H,1-5H3;5-6H,1-4H3;5H,1-4H3;1H4. The van der Waals surface area contributed by atoms with Gasteiger partial charge in [-0.2, -0.15) is 5.10 Å². The molecule has 284 valence electrons. The molecule has 0 spiro atoms. The Morgan fingerprint density at radius 1 is 0.529 bits per heavy atom. The number of carbonyl (C=O) groups is 4. The summed E-state index contributed by atoms with van der Waals surface area (Å²) in [6, 6.07) is 3.64. The van der Waals surface area contributed by atoms with Crippen molar-refractivity contribution in [3.8, 4) is 0 Å². The van der Waals surface area contributed by atoms with Crippen LogP contribution < -0.4 is 0 Å². The van der Waals surface area contributed by atoms with E-state index in [1.165, 1.54) is 13.8 Å². The summed E-state index contributed by atoms with van der Waals surface area (Å²) < 4.78 is 7.63. The molecule has 0 radical (unpaired) electrons. The van der Waals surface area contributed by atoms with Gasteiger partial charge in [0.1, 0.15) is 17.7 Å². The number of carbonyl (C=O) groups excluding carboxylic acids is 4. The van der Waals surface area contributed by atoms with Gasteiger partial charge in [0.15, 0.2) is 23.1 Å². The lowest BCUT2D eigenvalue weighted by molar-refractivity contribution is 0.0995. The fourth-order valence-electron chi connectivity index (χ4n) is 4.67. The maximum absolute atomic E-state index is 11.2. The summed E-state index contributed by atoms with van der Waals surface area (Å²) in [6.07, 6.45) is 7.12. The highest BCUT2D eigenvalue weighted by Gasteiger charge is 2.20. The average molecular weight is 709 g/mol. The Bertz CT molecular complexity index is 1640. The third-order valence-corrected chi connectivity index (χ3v) is 7.44. The second-order valence-corrected chi connectivity index (χ2v) is 16.3. The van der Waals surface area contributed by atoms with Crippen molar-refractivity contribution < 1.29 is 19.2 Å². The molecule has 0 N–H and O–H groups in total. The molecule has 12 heteroatoms. The molecule has 4 aromatic rings. The number of imidazole rings is 1. The van der Waals surface area contributed by atoms with Crippen LogP contribution in [0.1, 0.15) is 172 Å². The van der Waals surface area contributed by atoms with Gasteiger partial charge in [0.2, 0.25) is 5.82 Å². The molecular formula is C39H64N8O4. The topological polar surface area (TPSA) is 140 Å². The van der Waals surface area contributed by atoms with Crippen LogP contribution in [0, 0.1) is 13.8 Å². The first-order valence-electron chi connectivity index (χ1n) is 16.7. The molecule has 4 rings (SSSR count). The van der Waals surface area contributed by atoms with Crippen LogP contribution in [0.15, 0.2) is 37.2 Å². The molecule has 0 aliphatic carbocycles. The molecule has 0 bridgehead atoms. The molecule has 0 aliphatic rings. The zero-order chi connectivity index (χ0) is 39.2. The average Bonchev–Trinajstić information content (AvgIpc) is 3.73. The van der Waals surface area contributed by atoms with Crippen molar-refractivity contribution in [1.82, 2.24) is 38.7 Å². The Morgan fingerprint density at radius 2 is 1.04 bits per heavy atom. The summed E-state index contributed by atoms with van der Waals surface area (Å²) in [5.41, 5.74) is 3.83. The van der Waals surface area contributed by atoms with Crippen LogP contribution in [0.4, 0.5) is 0 Å². The van der Waals surface area contributed by atoms with Gasteiger partial charge in [-0.05, 0) is 116 Å². The van der Waals surface area contributed by atoms with Gasteiger partial charge in [-0.3, -0.25) is 23.9 Å². The van der Waals surface area contributed by atoms with Gasteiger partial charge in [0.25, 0.3) is 0 Å². The Balaban J connectivity index is 0.000000650. The quantitative estimate of drug-likeness (QED) is 0.192. The lowest BCUT2D eigenvalue weighted by atomic mass is 10.1. The summed E-state index contributed by atoms with van der Waals surface area (Å²) in [7, 11) is 0. The predicted octanol–water partition coefficient (Wildman–Crippen LogP) is 8.62. The second kappa shape index (κ2) is 17.6. The molecule has 12 nitrogen and oxygen atoms in total. The molecule has 0 amide bonds. The van der Waals surface area contributed by atoms with E-state index in [2.05, 4.69) is 66.3 Å². The van der Waals surface area contributed by atoms with Crippen LogP contribution in [0.25, 0.3) is 0 Å². The number of ketones is 4. The molecule has 0 fully saturated rings. The molecule has 0 saturated heterocycles. The van der Waals surface area contributed by atoms with E-state index >= 15 is 0 Å². The second-order valence-electron chi connectivity index (χ2n) is 16.3. The van der Waals surface area contributed by atoms with Gasteiger partial charge in [0, 0.05) is 61.2 Å². The fraction of sp³-hybridized carbons (Fsp3) is 0.590. The molecule has 0 aliphatic heterocycles. The van der Waals surface area contributed by atoms with Crippen molar-refractivity contribution in [2.75, 3.05) is 0 Å². The van der Waals surface area contributed by atoms with Gasteiger partial charge < -0.3 is 9.13 Å². The van der Waals surface area contributed by atoms with Gasteiger partial charge in [-0.1, -0.05) is 7.43 Å². The number of nitrogens with zero attached hydrogens (tertiary/aromatic N) is 8. The largest absolute Gasteiger partial charge is 0.346 e.